The monoisotopic (exact) mass is 186 g/mol. The Morgan fingerprint density at radius 1 is 1.42 bits per heavy atom. The lowest BCUT2D eigenvalue weighted by Gasteiger charge is -2.42. The highest BCUT2D eigenvalue weighted by atomic mass is 32.1. The van der Waals surface area contributed by atoms with E-state index in [1.807, 2.05) is 13.8 Å². The van der Waals surface area contributed by atoms with E-state index in [0.717, 1.165) is 19.3 Å². The molecule has 0 saturated heterocycles. The Kier molecular flexibility index (Phi) is 2.57. The molecule has 0 amide bonds. The fraction of sp³-hybridized carbons (Fsp3) is 0.900. The Hall–Kier alpha value is 0.0200. The van der Waals surface area contributed by atoms with Crippen LogP contribution in [0.25, 0.3) is 0 Å². The van der Waals surface area contributed by atoms with Crippen molar-refractivity contribution in [2.75, 3.05) is 0 Å². The van der Waals surface area contributed by atoms with Crippen molar-refractivity contribution in [3.05, 3.63) is 0 Å². The number of hydrogen-bond donors (Lipinski definition) is 1. The molecule has 0 heterocycles. The number of Topliss-reactive ketones (excluding diaryl/α,β-unsaturated/α-hetero) is 1. The molecule has 2 heteroatoms. The number of rotatable bonds is 1. The minimum Gasteiger partial charge on any atom is -0.299 e. The van der Waals surface area contributed by atoms with E-state index in [1.54, 1.807) is 0 Å². The molecular weight excluding hydrogens is 168 g/mol. The van der Waals surface area contributed by atoms with Gasteiger partial charge in [-0.25, -0.2) is 0 Å². The molecule has 1 rings (SSSR count). The fourth-order valence-corrected chi connectivity index (χ4v) is 2.06. The zero-order valence-corrected chi connectivity index (χ0v) is 9.08. The van der Waals surface area contributed by atoms with Crippen molar-refractivity contribution in [3.8, 4) is 0 Å². The molecule has 0 N–H and O–H groups in total. The summed E-state index contributed by atoms with van der Waals surface area (Å²) in [6.45, 7) is 6.14. The lowest BCUT2D eigenvalue weighted by atomic mass is 9.67. The van der Waals surface area contributed by atoms with Crippen molar-refractivity contribution in [2.24, 2.45) is 5.41 Å². The second-order valence-corrected chi connectivity index (χ2v) is 5.64. The van der Waals surface area contributed by atoms with Crippen LogP contribution in [0.3, 0.4) is 0 Å². The number of thiol groups is 1. The number of carbonyl (C=O) groups is 1. The van der Waals surface area contributed by atoms with E-state index in [4.69, 9.17) is 0 Å². The predicted octanol–water partition coefficient (Wildman–Crippen LogP) is 2.84. The van der Waals surface area contributed by atoms with Crippen molar-refractivity contribution in [1.29, 1.82) is 0 Å². The Morgan fingerprint density at radius 3 is 2.33 bits per heavy atom. The predicted molar refractivity (Wildman–Crippen MR) is 54.6 cm³/mol. The van der Waals surface area contributed by atoms with Gasteiger partial charge in [0.2, 0.25) is 0 Å². The van der Waals surface area contributed by atoms with Gasteiger partial charge in [0.25, 0.3) is 0 Å². The summed E-state index contributed by atoms with van der Waals surface area (Å²) in [5.74, 6) is 0.397. The Bertz CT molecular complexity index is 193. The maximum Gasteiger partial charge on any atom is 0.140 e. The van der Waals surface area contributed by atoms with Crippen LogP contribution in [0.2, 0.25) is 0 Å². The molecule has 0 bridgehead atoms. The summed E-state index contributed by atoms with van der Waals surface area (Å²) < 4.78 is -0.176. The first-order valence-corrected chi connectivity index (χ1v) is 5.08. The third kappa shape index (κ3) is 1.54. The lowest BCUT2D eigenvalue weighted by molar-refractivity contribution is -0.131. The summed E-state index contributed by atoms with van der Waals surface area (Å²) >= 11 is 4.52. The molecule has 0 aromatic rings. The van der Waals surface area contributed by atoms with Gasteiger partial charge in [0.1, 0.15) is 5.78 Å². The molecule has 1 saturated carbocycles. The van der Waals surface area contributed by atoms with Gasteiger partial charge >= 0.3 is 0 Å². The lowest BCUT2D eigenvalue weighted by Crippen LogP contribution is -2.45. The van der Waals surface area contributed by atoms with Gasteiger partial charge in [0, 0.05) is 16.6 Å². The van der Waals surface area contributed by atoms with Crippen LogP contribution in [-0.2, 0) is 4.79 Å². The van der Waals surface area contributed by atoms with Gasteiger partial charge in [-0.05, 0) is 26.7 Å². The van der Waals surface area contributed by atoms with Gasteiger partial charge in [-0.2, -0.15) is 12.6 Å². The number of ketones is 1. The first-order chi connectivity index (χ1) is 5.38. The standard InChI is InChI=1S/C10H18OS/c1-9(2,12)10(3)7-5-4-6-8(10)11/h12H,4-7H2,1-3H3. The van der Waals surface area contributed by atoms with Crippen molar-refractivity contribution in [3.63, 3.8) is 0 Å². The molecule has 1 aliphatic rings. The van der Waals surface area contributed by atoms with Gasteiger partial charge in [-0.3, -0.25) is 4.79 Å². The molecule has 1 atom stereocenters. The van der Waals surface area contributed by atoms with Crippen LogP contribution in [0.5, 0.6) is 0 Å². The first-order valence-electron chi connectivity index (χ1n) is 4.63. The normalized spacial score (nSPS) is 32.2. The van der Waals surface area contributed by atoms with Gasteiger partial charge in [-0.15, -0.1) is 0 Å². The summed E-state index contributed by atoms with van der Waals surface area (Å²) in [4.78, 5) is 11.7. The third-order valence-corrected chi connectivity index (χ3v) is 3.79. The van der Waals surface area contributed by atoms with Crippen LogP contribution in [0.1, 0.15) is 46.5 Å². The maximum atomic E-state index is 11.7. The first kappa shape index (κ1) is 10.1. The van der Waals surface area contributed by atoms with Gasteiger partial charge in [0.15, 0.2) is 0 Å². The van der Waals surface area contributed by atoms with E-state index in [9.17, 15) is 4.79 Å². The summed E-state index contributed by atoms with van der Waals surface area (Å²) in [7, 11) is 0. The second-order valence-electron chi connectivity index (χ2n) is 4.52. The van der Waals surface area contributed by atoms with Crippen LogP contribution in [0.15, 0.2) is 0 Å². The Labute approximate surface area is 80.3 Å². The van der Waals surface area contributed by atoms with Crippen molar-refractivity contribution < 1.29 is 4.79 Å². The quantitative estimate of drug-likeness (QED) is 0.623. The summed E-state index contributed by atoms with van der Waals surface area (Å²) in [6.07, 6.45) is 3.99. The van der Waals surface area contributed by atoms with E-state index in [-0.39, 0.29) is 10.2 Å². The molecular formula is C10H18OS. The minimum atomic E-state index is -0.200. The fourth-order valence-electron chi connectivity index (χ4n) is 1.83. The van der Waals surface area contributed by atoms with Crippen molar-refractivity contribution in [2.45, 2.75) is 51.2 Å². The van der Waals surface area contributed by atoms with Gasteiger partial charge in [-0.1, -0.05) is 13.3 Å². The highest BCUT2D eigenvalue weighted by Crippen LogP contribution is 2.44. The average Bonchev–Trinajstić information content (AvgIpc) is 1.93. The van der Waals surface area contributed by atoms with Gasteiger partial charge < -0.3 is 0 Å². The van der Waals surface area contributed by atoms with Crippen LogP contribution in [0, 0.1) is 5.41 Å². The van der Waals surface area contributed by atoms with Crippen molar-refractivity contribution in [1.82, 2.24) is 0 Å². The van der Waals surface area contributed by atoms with E-state index in [2.05, 4.69) is 19.6 Å². The summed E-state index contributed by atoms with van der Waals surface area (Å²) in [6, 6.07) is 0. The zero-order chi connectivity index (χ0) is 9.41. The molecule has 0 radical (unpaired) electrons. The van der Waals surface area contributed by atoms with Gasteiger partial charge in [0.05, 0.1) is 0 Å². The Morgan fingerprint density at radius 2 is 2.00 bits per heavy atom. The molecule has 1 nitrogen and oxygen atoms in total. The molecule has 0 aromatic carbocycles. The molecule has 0 spiro atoms. The zero-order valence-electron chi connectivity index (χ0n) is 8.18. The summed E-state index contributed by atoms with van der Waals surface area (Å²) in [5.41, 5.74) is -0.200. The van der Waals surface area contributed by atoms with Crippen LogP contribution in [-0.4, -0.2) is 10.5 Å². The highest BCUT2D eigenvalue weighted by molar-refractivity contribution is 7.81. The van der Waals surface area contributed by atoms with Crippen LogP contribution < -0.4 is 0 Å². The van der Waals surface area contributed by atoms with Crippen LogP contribution in [0.4, 0.5) is 0 Å². The van der Waals surface area contributed by atoms with E-state index in [1.165, 1.54) is 6.42 Å². The topological polar surface area (TPSA) is 17.1 Å². The molecule has 0 aromatic heterocycles. The Balaban J connectivity index is 2.87. The molecule has 1 aliphatic carbocycles. The molecule has 70 valence electrons. The summed E-state index contributed by atoms with van der Waals surface area (Å²) in [5, 5.41) is 0. The molecule has 12 heavy (non-hydrogen) atoms. The molecule has 0 aliphatic heterocycles. The maximum absolute atomic E-state index is 11.7. The third-order valence-electron chi connectivity index (χ3n) is 3.30. The second kappa shape index (κ2) is 3.06. The van der Waals surface area contributed by atoms with E-state index >= 15 is 0 Å². The molecule has 1 fully saturated rings. The SMILES string of the molecule is CC(C)(S)C1(C)CCCCC1=O. The van der Waals surface area contributed by atoms with E-state index in [0.29, 0.717) is 5.78 Å². The number of carbonyl (C=O) groups excluding carboxylic acids is 1. The average molecular weight is 186 g/mol. The highest BCUT2D eigenvalue weighted by Gasteiger charge is 2.45. The van der Waals surface area contributed by atoms with E-state index < -0.39 is 0 Å². The smallest absolute Gasteiger partial charge is 0.140 e. The largest absolute Gasteiger partial charge is 0.299 e. The van der Waals surface area contributed by atoms with Crippen LogP contribution >= 0.6 is 12.6 Å². The number of hydrogen-bond acceptors (Lipinski definition) is 2. The molecule has 1 unspecified atom stereocenters. The van der Waals surface area contributed by atoms with Crippen molar-refractivity contribution >= 4 is 18.4 Å². The minimum absolute atomic E-state index is 0.176.